The van der Waals surface area contributed by atoms with Crippen LogP contribution in [-0.2, 0) is 0 Å². The summed E-state index contributed by atoms with van der Waals surface area (Å²) < 4.78 is 0. The highest BCUT2D eigenvalue weighted by Gasteiger charge is 1.94. The molecular weight excluding hydrogens is 252 g/mol. The van der Waals surface area contributed by atoms with Gasteiger partial charge in [-0.05, 0) is 35.8 Å². The Balaban J connectivity index is 1.82. The minimum absolute atomic E-state index is 0.436. The predicted molar refractivity (Wildman–Crippen MR) is 75.5 cm³/mol. The van der Waals surface area contributed by atoms with E-state index in [-0.39, 0.29) is 0 Å². The van der Waals surface area contributed by atoms with E-state index in [0.29, 0.717) is 5.11 Å². The minimum Gasteiger partial charge on any atom is -0.330 e. The van der Waals surface area contributed by atoms with Gasteiger partial charge in [-0.15, -0.1) is 11.3 Å². The molecule has 2 aromatic heterocycles. The normalized spacial score (nSPS) is 10.4. The van der Waals surface area contributed by atoms with Crippen molar-refractivity contribution in [1.82, 2.24) is 10.4 Å². The number of pyridine rings is 1. The SMILES string of the molecule is S=C(N/N=C/c1cccs1)Nc1cccnc1. The molecule has 0 atom stereocenters. The Hall–Kier alpha value is -1.79. The molecule has 0 saturated heterocycles. The van der Waals surface area contributed by atoms with Gasteiger partial charge in [-0.3, -0.25) is 10.4 Å². The molecule has 2 rings (SSSR count). The average molecular weight is 262 g/mol. The molecular formula is C11H10N4S2. The van der Waals surface area contributed by atoms with Crippen LogP contribution in [0.5, 0.6) is 0 Å². The minimum atomic E-state index is 0.436. The first kappa shape index (κ1) is 11.7. The molecule has 0 saturated carbocycles. The van der Waals surface area contributed by atoms with E-state index in [9.17, 15) is 0 Å². The average Bonchev–Trinajstić information content (AvgIpc) is 2.83. The molecule has 86 valence electrons. The Morgan fingerprint density at radius 1 is 1.41 bits per heavy atom. The fraction of sp³-hybridized carbons (Fsp3) is 0. The maximum Gasteiger partial charge on any atom is 0.191 e. The summed E-state index contributed by atoms with van der Waals surface area (Å²) in [4.78, 5) is 5.04. The Labute approximate surface area is 108 Å². The monoisotopic (exact) mass is 262 g/mol. The van der Waals surface area contributed by atoms with Crippen molar-refractivity contribution in [2.45, 2.75) is 0 Å². The van der Waals surface area contributed by atoms with E-state index in [4.69, 9.17) is 12.2 Å². The number of hydrogen-bond donors (Lipinski definition) is 2. The van der Waals surface area contributed by atoms with Crippen LogP contribution in [0, 0.1) is 0 Å². The van der Waals surface area contributed by atoms with Crippen molar-refractivity contribution in [2.75, 3.05) is 5.32 Å². The van der Waals surface area contributed by atoms with Crippen molar-refractivity contribution in [3.05, 3.63) is 46.9 Å². The molecule has 4 nitrogen and oxygen atoms in total. The zero-order chi connectivity index (χ0) is 11.9. The van der Waals surface area contributed by atoms with E-state index in [0.717, 1.165) is 10.6 Å². The van der Waals surface area contributed by atoms with E-state index in [1.807, 2.05) is 29.6 Å². The molecule has 6 heteroatoms. The molecule has 2 N–H and O–H groups in total. The smallest absolute Gasteiger partial charge is 0.191 e. The van der Waals surface area contributed by atoms with E-state index in [2.05, 4.69) is 20.8 Å². The Kier molecular flexibility index (Phi) is 4.17. The lowest BCUT2D eigenvalue weighted by Crippen LogP contribution is -2.23. The van der Waals surface area contributed by atoms with Gasteiger partial charge in [0, 0.05) is 11.1 Å². The van der Waals surface area contributed by atoms with E-state index >= 15 is 0 Å². The first-order chi connectivity index (χ1) is 8.34. The second-order valence-electron chi connectivity index (χ2n) is 3.08. The largest absolute Gasteiger partial charge is 0.330 e. The summed E-state index contributed by atoms with van der Waals surface area (Å²) in [5.41, 5.74) is 3.57. The van der Waals surface area contributed by atoms with Gasteiger partial charge in [0.25, 0.3) is 0 Å². The number of anilines is 1. The van der Waals surface area contributed by atoms with Gasteiger partial charge in [-0.2, -0.15) is 5.10 Å². The van der Waals surface area contributed by atoms with Crippen molar-refractivity contribution in [2.24, 2.45) is 5.10 Å². The van der Waals surface area contributed by atoms with Crippen LogP contribution in [0.25, 0.3) is 0 Å². The zero-order valence-corrected chi connectivity index (χ0v) is 10.5. The number of nitrogens with one attached hydrogen (secondary N) is 2. The Morgan fingerprint density at radius 3 is 3.06 bits per heavy atom. The van der Waals surface area contributed by atoms with E-state index in [1.54, 1.807) is 29.9 Å². The number of hydrazone groups is 1. The number of aromatic nitrogens is 1. The van der Waals surface area contributed by atoms with Gasteiger partial charge in [-0.1, -0.05) is 6.07 Å². The number of nitrogens with zero attached hydrogens (tertiary/aromatic N) is 2. The van der Waals surface area contributed by atoms with Crippen LogP contribution in [0.2, 0.25) is 0 Å². The molecule has 0 aliphatic heterocycles. The van der Waals surface area contributed by atoms with Gasteiger partial charge < -0.3 is 5.32 Å². The highest BCUT2D eigenvalue weighted by molar-refractivity contribution is 7.80. The quantitative estimate of drug-likeness (QED) is 0.507. The van der Waals surface area contributed by atoms with Crippen LogP contribution < -0.4 is 10.7 Å². The van der Waals surface area contributed by atoms with Gasteiger partial charge in [0.15, 0.2) is 5.11 Å². The first-order valence-corrected chi connectivity index (χ1v) is 6.17. The number of hydrogen-bond acceptors (Lipinski definition) is 4. The summed E-state index contributed by atoms with van der Waals surface area (Å²) >= 11 is 6.69. The van der Waals surface area contributed by atoms with Crippen molar-refractivity contribution in [3.8, 4) is 0 Å². The zero-order valence-electron chi connectivity index (χ0n) is 8.83. The fourth-order valence-electron chi connectivity index (χ4n) is 1.11. The molecule has 0 radical (unpaired) electrons. The maximum absolute atomic E-state index is 5.07. The second kappa shape index (κ2) is 6.07. The van der Waals surface area contributed by atoms with Gasteiger partial charge in [-0.25, -0.2) is 0 Å². The standard InChI is InChI=1S/C11H10N4S2/c16-11(14-9-3-1-5-12-7-9)15-13-8-10-4-2-6-17-10/h1-8H,(H2,14,15,16)/b13-8+. The van der Waals surface area contributed by atoms with Crippen LogP contribution in [0.3, 0.4) is 0 Å². The molecule has 0 unspecified atom stereocenters. The maximum atomic E-state index is 5.07. The molecule has 0 aromatic carbocycles. The Morgan fingerprint density at radius 2 is 2.35 bits per heavy atom. The van der Waals surface area contributed by atoms with Gasteiger partial charge in [0.1, 0.15) is 0 Å². The third-order valence-corrected chi connectivity index (χ3v) is 2.82. The molecule has 0 aliphatic carbocycles. The van der Waals surface area contributed by atoms with Crippen LogP contribution in [0.15, 0.2) is 47.1 Å². The van der Waals surface area contributed by atoms with Crippen LogP contribution >= 0.6 is 23.6 Å². The topological polar surface area (TPSA) is 49.3 Å². The molecule has 0 fully saturated rings. The third-order valence-electron chi connectivity index (χ3n) is 1.82. The molecule has 0 spiro atoms. The number of thiophene rings is 1. The fourth-order valence-corrected chi connectivity index (χ4v) is 1.87. The molecule has 0 amide bonds. The predicted octanol–water partition coefficient (Wildman–Crippen LogP) is 2.46. The number of rotatable bonds is 3. The lowest BCUT2D eigenvalue weighted by Gasteiger charge is -2.05. The number of thiocarbonyl (C=S) groups is 1. The van der Waals surface area contributed by atoms with Gasteiger partial charge in [0.05, 0.1) is 18.1 Å². The summed E-state index contributed by atoms with van der Waals surface area (Å²) in [6.45, 7) is 0. The highest BCUT2D eigenvalue weighted by atomic mass is 32.1. The molecule has 17 heavy (non-hydrogen) atoms. The van der Waals surface area contributed by atoms with Crippen molar-refractivity contribution in [3.63, 3.8) is 0 Å². The van der Waals surface area contributed by atoms with Gasteiger partial charge in [0.2, 0.25) is 0 Å². The molecule has 0 bridgehead atoms. The molecule has 0 aliphatic rings. The lowest BCUT2D eigenvalue weighted by molar-refractivity contribution is 1.05. The highest BCUT2D eigenvalue weighted by Crippen LogP contribution is 2.04. The molecule has 2 heterocycles. The summed E-state index contributed by atoms with van der Waals surface area (Å²) in [7, 11) is 0. The van der Waals surface area contributed by atoms with Crippen LogP contribution in [0.1, 0.15) is 4.88 Å². The summed E-state index contributed by atoms with van der Waals surface area (Å²) in [5.74, 6) is 0. The van der Waals surface area contributed by atoms with E-state index < -0.39 is 0 Å². The Bertz CT molecular complexity index is 493. The van der Waals surface area contributed by atoms with Gasteiger partial charge >= 0.3 is 0 Å². The summed E-state index contributed by atoms with van der Waals surface area (Å²) in [5, 5.41) is 9.42. The third kappa shape index (κ3) is 3.93. The van der Waals surface area contributed by atoms with Crippen LogP contribution in [-0.4, -0.2) is 16.3 Å². The lowest BCUT2D eigenvalue weighted by atomic mass is 10.4. The van der Waals surface area contributed by atoms with Crippen molar-refractivity contribution < 1.29 is 0 Å². The van der Waals surface area contributed by atoms with Crippen molar-refractivity contribution in [1.29, 1.82) is 0 Å². The molecule has 2 aromatic rings. The summed E-state index contributed by atoms with van der Waals surface area (Å²) in [6, 6.07) is 7.66. The van der Waals surface area contributed by atoms with E-state index in [1.165, 1.54) is 0 Å². The summed E-state index contributed by atoms with van der Waals surface area (Å²) in [6.07, 6.45) is 5.12. The van der Waals surface area contributed by atoms with Crippen molar-refractivity contribution >= 4 is 40.6 Å². The first-order valence-electron chi connectivity index (χ1n) is 4.88. The van der Waals surface area contributed by atoms with Crippen LogP contribution in [0.4, 0.5) is 5.69 Å². The second-order valence-corrected chi connectivity index (χ2v) is 4.47.